The Bertz CT molecular complexity index is 146. The van der Waals surface area contributed by atoms with Gasteiger partial charge in [-0.25, -0.2) is 0 Å². The van der Waals surface area contributed by atoms with Crippen LogP contribution in [0.3, 0.4) is 0 Å². The molecule has 12 heavy (non-hydrogen) atoms. The largest absolute Gasteiger partial charge is 0.395 e. The summed E-state index contributed by atoms with van der Waals surface area (Å²) >= 11 is 0. The predicted octanol–water partition coefficient (Wildman–Crippen LogP) is 1.86. The van der Waals surface area contributed by atoms with Gasteiger partial charge in [-0.2, -0.15) is 0 Å². The molecule has 0 aromatic carbocycles. The van der Waals surface area contributed by atoms with Crippen LogP contribution in [0.1, 0.15) is 27.7 Å². The third kappa shape index (κ3) is 3.26. The zero-order chi connectivity index (χ0) is 9.78. The number of likely N-dealkylation sites (N-methyl/N-ethyl adjacent to an activating group) is 1. The van der Waals surface area contributed by atoms with Crippen LogP contribution in [0, 0.1) is 5.41 Å². The summed E-state index contributed by atoms with van der Waals surface area (Å²) in [6, 6.07) is 0. The number of aliphatic hydroxyl groups excluding tert-OH is 1. The van der Waals surface area contributed by atoms with Crippen molar-refractivity contribution in [2.45, 2.75) is 27.7 Å². The molecule has 0 aliphatic carbocycles. The van der Waals surface area contributed by atoms with E-state index in [0.29, 0.717) is 6.54 Å². The van der Waals surface area contributed by atoms with Gasteiger partial charge < -0.3 is 10.0 Å². The van der Waals surface area contributed by atoms with Gasteiger partial charge in [-0.1, -0.05) is 27.4 Å². The van der Waals surface area contributed by atoms with E-state index < -0.39 is 0 Å². The minimum absolute atomic E-state index is 0.102. The maximum atomic E-state index is 8.80. The van der Waals surface area contributed by atoms with Gasteiger partial charge in [0.1, 0.15) is 0 Å². The highest BCUT2D eigenvalue weighted by atomic mass is 16.3. The molecule has 0 unspecified atom stereocenters. The monoisotopic (exact) mass is 171 g/mol. The van der Waals surface area contributed by atoms with E-state index in [2.05, 4.69) is 39.2 Å². The fraction of sp³-hybridized carbons (Fsp3) is 0.800. The second-order valence-electron chi connectivity index (χ2n) is 4.00. The van der Waals surface area contributed by atoms with Crippen molar-refractivity contribution in [3.8, 4) is 0 Å². The Morgan fingerprint density at radius 3 is 2.17 bits per heavy atom. The summed E-state index contributed by atoms with van der Waals surface area (Å²) in [5, 5.41) is 8.80. The zero-order valence-electron chi connectivity index (χ0n) is 8.72. The van der Waals surface area contributed by atoms with Crippen LogP contribution in [-0.4, -0.2) is 29.7 Å². The van der Waals surface area contributed by atoms with E-state index in [1.165, 1.54) is 0 Å². The van der Waals surface area contributed by atoms with E-state index >= 15 is 0 Å². The highest BCUT2D eigenvalue weighted by Crippen LogP contribution is 2.25. The van der Waals surface area contributed by atoms with Gasteiger partial charge in [-0.3, -0.25) is 0 Å². The third-order valence-corrected chi connectivity index (χ3v) is 2.00. The lowest BCUT2D eigenvalue weighted by Gasteiger charge is -2.33. The highest BCUT2D eigenvalue weighted by molar-refractivity contribution is 5.03. The molecule has 0 fully saturated rings. The Morgan fingerprint density at radius 2 is 1.92 bits per heavy atom. The van der Waals surface area contributed by atoms with E-state index in [4.69, 9.17) is 5.11 Å². The molecule has 1 N–H and O–H groups in total. The predicted molar refractivity (Wildman–Crippen MR) is 52.9 cm³/mol. The lowest BCUT2D eigenvalue weighted by molar-refractivity contribution is 0.206. The Hall–Kier alpha value is -0.500. The summed E-state index contributed by atoms with van der Waals surface area (Å²) in [5.41, 5.74) is 1.20. The molecule has 0 saturated heterocycles. The summed E-state index contributed by atoms with van der Waals surface area (Å²) in [7, 11) is 0. The highest BCUT2D eigenvalue weighted by Gasteiger charge is 2.19. The topological polar surface area (TPSA) is 23.5 Å². The number of allylic oxidation sites excluding steroid dienone is 1. The molecule has 2 nitrogen and oxygen atoms in total. The van der Waals surface area contributed by atoms with Crippen LogP contribution in [-0.2, 0) is 0 Å². The molecule has 0 aliphatic heterocycles. The minimum Gasteiger partial charge on any atom is -0.395 e. The van der Waals surface area contributed by atoms with E-state index in [0.717, 1.165) is 12.2 Å². The van der Waals surface area contributed by atoms with E-state index in [1.54, 1.807) is 0 Å². The van der Waals surface area contributed by atoms with Gasteiger partial charge in [0.2, 0.25) is 0 Å². The fourth-order valence-electron chi connectivity index (χ4n) is 1.08. The average Bonchev–Trinajstić information content (AvgIpc) is 1.97. The van der Waals surface area contributed by atoms with Gasteiger partial charge in [0.25, 0.3) is 0 Å². The first-order chi connectivity index (χ1) is 5.43. The maximum Gasteiger partial charge on any atom is 0.0606 e. The molecule has 0 atom stereocenters. The normalized spacial score (nSPS) is 11.4. The molecule has 72 valence electrons. The summed E-state index contributed by atoms with van der Waals surface area (Å²) in [4.78, 5) is 2.11. The van der Waals surface area contributed by atoms with Crippen LogP contribution in [0.5, 0.6) is 0 Å². The first-order valence-corrected chi connectivity index (χ1v) is 4.48. The van der Waals surface area contributed by atoms with Crippen molar-refractivity contribution in [2.75, 3.05) is 19.7 Å². The molecule has 0 saturated carbocycles. The van der Waals surface area contributed by atoms with Crippen LogP contribution in [0.15, 0.2) is 12.3 Å². The molecule has 0 rings (SSSR count). The summed E-state index contributed by atoms with van der Waals surface area (Å²) in [6.45, 7) is 14.3. The molecule has 0 aromatic rings. The number of hydrogen-bond acceptors (Lipinski definition) is 2. The van der Waals surface area contributed by atoms with Crippen molar-refractivity contribution < 1.29 is 5.11 Å². The Labute approximate surface area is 75.9 Å². The number of aliphatic hydroxyl groups is 1. The molecule has 0 amide bonds. The van der Waals surface area contributed by atoms with Crippen molar-refractivity contribution in [3.63, 3.8) is 0 Å². The van der Waals surface area contributed by atoms with Gasteiger partial charge in [0.05, 0.1) is 6.61 Å². The zero-order valence-corrected chi connectivity index (χ0v) is 8.72. The van der Waals surface area contributed by atoms with Crippen LogP contribution in [0.2, 0.25) is 0 Å². The summed E-state index contributed by atoms with van der Waals surface area (Å²) < 4.78 is 0. The van der Waals surface area contributed by atoms with E-state index in [-0.39, 0.29) is 12.0 Å². The van der Waals surface area contributed by atoms with Gasteiger partial charge in [-0.05, 0) is 6.92 Å². The first-order valence-electron chi connectivity index (χ1n) is 4.48. The quantitative estimate of drug-likeness (QED) is 0.698. The van der Waals surface area contributed by atoms with Crippen molar-refractivity contribution in [3.05, 3.63) is 12.3 Å². The number of hydrogen-bond donors (Lipinski definition) is 1. The first kappa shape index (κ1) is 11.5. The molecule has 0 heterocycles. The lowest BCUT2D eigenvalue weighted by atomic mass is 9.92. The van der Waals surface area contributed by atoms with Crippen LogP contribution < -0.4 is 0 Å². The molecule has 0 aromatic heterocycles. The van der Waals surface area contributed by atoms with Gasteiger partial charge in [-0.15, -0.1) is 0 Å². The van der Waals surface area contributed by atoms with Crippen LogP contribution in [0.25, 0.3) is 0 Å². The van der Waals surface area contributed by atoms with Crippen LogP contribution >= 0.6 is 0 Å². The third-order valence-electron chi connectivity index (χ3n) is 2.00. The second kappa shape index (κ2) is 4.51. The lowest BCUT2D eigenvalue weighted by Crippen LogP contribution is -2.31. The number of nitrogens with zero attached hydrogens (tertiary/aromatic N) is 1. The second-order valence-corrected chi connectivity index (χ2v) is 4.00. The van der Waals surface area contributed by atoms with Gasteiger partial charge >= 0.3 is 0 Å². The standard InChI is InChI=1S/C10H21NO/c1-6-11(7-8-12)9(2)10(3,4)5/h12H,2,6-8H2,1,3-5H3. The molecule has 0 spiro atoms. The average molecular weight is 171 g/mol. The SMILES string of the molecule is C=C(N(CC)CCO)C(C)(C)C. The van der Waals surface area contributed by atoms with Gasteiger partial charge in [0.15, 0.2) is 0 Å². The maximum absolute atomic E-state index is 8.80. The summed E-state index contributed by atoms with van der Waals surface area (Å²) in [6.07, 6.45) is 0. The molecule has 2 heteroatoms. The Balaban J connectivity index is 4.22. The fourth-order valence-corrected chi connectivity index (χ4v) is 1.08. The Kier molecular flexibility index (Phi) is 4.32. The molecule has 0 bridgehead atoms. The van der Waals surface area contributed by atoms with Gasteiger partial charge in [0, 0.05) is 24.2 Å². The smallest absolute Gasteiger partial charge is 0.0606 e. The van der Waals surface area contributed by atoms with Crippen molar-refractivity contribution >= 4 is 0 Å². The minimum atomic E-state index is 0.102. The van der Waals surface area contributed by atoms with Crippen LogP contribution in [0.4, 0.5) is 0 Å². The van der Waals surface area contributed by atoms with E-state index in [1.807, 2.05) is 0 Å². The number of rotatable bonds is 4. The van der Waals surface area contributed by atoms with Crippen molar-refractivity contribution in [1.82, 2.24) is 4.90 Å². The molecular weight excluding hydrogens is 150 g/mol. The molecule has 0 radical (unpaired) electrons. The summed E-state index contributed by atoms with van der Waals surface area (Å²) in [5.74, 6) is 0. The Morgan fingerprint density at radius 1 is 1.42 bits per heavy atom. The molecule has 0 aliphatic rings. The van der Waals surface area contributed by atoms with Crippen molar-refractivity contribution in [1.29, 1.82) is 0 Å². The molecular formula is C10H21NO. The van der Waals surface area contributed by atoms with Crippen molar-refractivity contribution in [2.24, 2.45) is 5.41 Å². The van der Waals surface area contributed by atoms with E-state index in [9.17, 15) is 0 Å².